The number of methoxy groups -OCH3 is 1. The van der Waals surface area contributed by atoms with Gasteiger partial charge in [-0.1, -0.05) is 11.6 Å². The highest BCUT2D eigenvalue weighted by atomic mass is 35.5. The van der Waals surface area contributed by atoms with Gasteiger partial charge in [-0.25, -0.2) is 14.8 Å². The summed E-state index contributed by atoms with van der Waals surface area (Å²) in [7, 11) is 1.34. The minimum Gasteiger partial charge on any atom is -0.467 e. The van der Waals surface area contributed by atoms with E-state index in [1.807, 2.05) is 4.90 Å². The number of carbonyl (C=O) groups is 1. The molecule has 0 aliphatic carbocycles. The molecule has 17 heavy (non-hydrogen) atoms. The Bertz CT molecular complexity index is 398. The van der Waals surface area contributed by atoms with Crippen molar-refractivity contribution in [2.75, 3.05) is 31.7 Å². The van der Waals surface area contributed by atoms with Crippen molar-refractivity contribution in [3.8, 4) is 0 Å². The summed E-state index contributed by atoms with van der Waals surface area (Å²) in [6, 6.07) is 0. The van der Waals surface area contributed by atoms with E-state index in [1.54, 1.807) is 0 Å². The fourth-order valence-electron chi connectivity index (χ4n) is 1.57. The van der Waals surface area contributed by atoms with Crippen molar-refractivity contribution in [1.29, 1.82) is 0 Å². The molecule has 1 aromatic heterocycles. The fraction of sp³-hybridized carbons (Fsp3) is 0.500. The average Bonchev–Trinajstić information content (AvgIpc) is 2.39. The Morgan fingerprint density at radius 2 is 2.29 bits per heavy atom. The van der Waals surface area contributed by atoms with Gasteiger partial charge in [0.05, 0.1) is 37.7 Å². The first-order chi connectivity index (χ1) is 8.20. The lowest BCUT2D eigenvalue weighted by Gasteiger charge is -2.31. The smallest absolute Gasteiger partial charge is 0.336 e. The molecule has 92 valence electrons. The van der Waals surface area contributed by atoms with E-state index >= 15 is 0 Å². The fourth-order valence-corrected chi connectivity index (χ4v) is 1.67. The number of anilines is 1. The molecule has 0 N–H and O–H groups in total. The highest BCUT2D eigenvalue weighted by Gasteiger charge is 2.28. The maximum atomic E-state index is 11.4. The molecule has 2 heterocycles. The number of nitrogens with zero attached hydrogens (tertiary/aromatic N) is 3. The summed E-state index contributed by atoms with van der Waals surface area (Å²) in [5, 5.41) is 0.478. The van der Waals surface area contributed by atoms with E-state index < -0.39 is 6.10 Å². The predicted molar refractivity (Wildman–Crippen MR) is 61.0 cm³/mol. The van der Waals surface area contributed by atoms with Crippen molar-refractivity contribution in [2.45, 2.75) is 6.10 Å². The third-order valence-corrected chi connectivity index (χ3v) is 2.62. The number of halogens is 1. The zero-order valence-corrected chi connectivity index (χ0v) is 10.1. The molecule has 0 saturated carbocycles. The topological polar surface area (TPSA) is 64.5 Å². The first-order valence-corrected chi connectivity index (χ1v) is 5.50. The van der Waals surface area contributed by atoms with Crippen LogP contribution < -0.4 is 4.90 Å². The summed E-state index contributed by atoms with van der Waals surface area (Å²) in [4.78, 5) is 21.4. The minimum absolute atomic E-state index is 0.383. The molecule has 1 aliphatic rings. The van der Waals surface area contributed by atoms with E-state index in [0.29, 0.717) is 30.7 Å². The quantitative estimate of drug-likeness (QED) is 0.720. The van der Waals surface area contributed by atoms with Crippen molar-refractivity contribution in [3.05, 3.63) is 17.4 Å². The zero-order chi connectivity index (χ0) is 12.3. The summed E-state index contributed by atoms with van der Waals surface area (Å²) in [6.45, 7) is 1.45. The Morgan fingerprint density at radius 3 is 2.94 bits per heavy atom. The van der Waals surface area contributed by atoms with Gasteiger partial charge in [0.25, 0.3) is 0 Å². The first-order valence-electron chi connectivity index (χ1n) is 5.12. The summed E-state index contributed by atoms with van der Waals surface area (Å²) in [6.07, 6.45) is 2.45. The van der Waals surface area contributed by atoms with Crippen LogP contribution in [0.25, 0.3) is 0 Å². The monoisotopic (exact) mass is 257 g/mol. The number of esters is 1. The van der Waals surface area contributed by atoms with Crippen LogP contribution in [-0.2, 0) is 14.3 Å². The second-order valence-corrected chi connectivity index (χ2v) is 3.97. The average molecular weight is 258 g/mol. The Balaban J connectivity index is 2.06. The van der Waals surface area contributed by atoms with Crippen molar-refractivity contribution >= 4 is 23.5 Å². The van der Waals surface area contributed by atoms with Crippen LogP contribution in [0, 0.1) is 0 Å². The minimum atomic E-state index is -0.590. The second kappa shape index (κ2) is 5.29. The van der Waals surface area contributed by atoms with Crippen LogP contribution in [-0.4, -0.2) is 48.8 Å². The number of morpholine rings is 1. The van der Waals surface area contributed by atoms with Gasteiger partial charge in [-0.2, -0.15) is 0 Å². The van der Waals surface area contributed by atoms with Gasteiger partial charge in [0.1, 0.15) is 0 Å². The van der Waals surface area contributed by atoms with E-state index in [-0.39, 0.29) is 5.97 Å². The van der Waals surface area contributed by atoms with Crippen LogP contribution >= 0.6 is 11.6 Å². The van der Waals surface area contributed by atoms with Crippen LogP contribution in [0.4, 0.5) is 5.95 Å². The van der Waals surface area contributed by atoms with Gasteiger partial charge in [-0.05, 0) is 0 Å². The van der Waals surface area contributed by atoms with Gasteiger partial charge in [0.2, 0.25) is 5.95 Å². The third-order valence-electron chi connectivity index (χ3n) is 2.42. The molecule has 0 bridgehead atoms. The largest absolute Gasteiger partial charge is 0.467 e. The Hall–Kier alpha value is -1.40. The summed E-state index contributed by atoms with van der Waals surface area (Å²) in [5.41, 5.74) is 0. The third kappa shape index (κ3) is 2.83. The van der Waals surface area contributed by atoms with Crippen LogP contribution in [0.1, 0.15) is 0 Å². The maximum absolute atomic E-state index is 11.4. The first kappa shape index (κ1) is 12.1. The molecule has 1 aliphatic heterocycles. The molecule has 0 amide bonds. The molecule has 6 nitrogen and oxygen atoms in total. The lowest BCUT2D eigenvalue weighted by Crippen LogP contribution is -2.47. The van der Waals surface area contributed by atoms with E-state index in [4.69, 9.17) is 16.3 Å². The number of hydrogen-bond acceptors (Lipinski definition) is 6. The van der Waals surface area contributed by atoms with Gasteiger partial charge >= 0.3 is 5.97 Å². The molecule has 1 fully saturated rings. The molecule has 7 heteroatoms. The molecule has 1 atom stereocenters. The van der Waals surface area contributed by atoms with Crippen molar-refractivity contribution in [2.24, 2.45) is 0 Å². The predicted octanol–water partition coefficient (Wildman–Crippen LogP) is 0.508. The Labute approximate surface area is 104 Å². The number of aromatic nitrogens is 2. The summed E-state index contributed by atoms with van der Waals surface area (Å²) < 4.78 is 9.95. The Kier molecular flexibility index (Phi) is 3.75. The van der Waals surface area contributed by atoms with Crippen molar-refractivity contribution < 1.29 is 14.3 Å². The number of carbonyl (C=O) groups excluding carboxylic acids is 1. The Morgan fingerprint density at radius 1 is 1.59 bits per heavy atom. The number of hydrogen-bond donors (Lipinski definition) is 0. The van der Waals surface area contributed by atoms with E-state index in [0.717, 1.165) is 0 Å². The molecule has 1 saturated heterocycles. The van der Waals surface area contributed by atoms with Gasteiger partial charge in [-0.3, -0.25) is 0 Å². The molecule has 0 spiro atoms. The van der Waals surface area contributed by atoms with Crippen LogP contribution in [0.15, 0.2) is 12.4 Å². The molecule has 1 unspecified atom stereocenters. The van der Waals surface area contributed by atoms with Gasteiger partial charge in [0.15, 0.2) is 6.10 Å². The molecule has 0 aromatic carbocycles. The van der Waals surface area contributed by atoms with E-state index in [2.05, 4.69) is 14.7 Å². The molecule has 1 aromatic rings. The molecule has 2 rings (SSSR count). The van der Waals surface area contributed by atoms with Crippen LogP contribution in [0.5, 0.6) is 0 Å². The van der Waals surface area contributed by atoms with Crippen molar-refractivity contribution in [1.82, 2.24) is 9.97 Å². The molecular formula is C10H12ClN3O3. The second-order valence-electron chi connectivity index (χ2n) is 3.53. The van der Waals surface area contributed by atoms with E-state index in [1.165, 1.54) is 19.5 Å². The molecular weight excluding hydrogens is 246 g/mol. The number of ether oxygens (including phenoxy) is 2. The SMILES string of the molecule is COC(=O)C1CN(c2ncc(Cl)cn2)CCO1. The summed E-state index contributed by atoms with van der Waals surface area (Å²) in [5.74, 6) is 0.148. The normalized spacial score (nSPS) is 20.1. The lowest BCUT2D eigenvalue weighted by atomic mass is 10.3. The molecule has 0 radical (unpaired) electrons. The van der Waals surface area contributed by atoms with Crippen LogP contribution in [0.3, 0.4) is 0 Å². The lowest BCUT2D eigenvalue weighted by molar-refractivity contribution is -0.154. The van der Waals surface area contributed by atoms with E-state index in [9.17, 15) is 4.79 Å². The zero-order valence-electron chi connectivity index (χ0n) is 9.30. The number of rotatable bonds is 2. The van der Waals surface area contributed by atoms with Gasteiger partial charge in [-0.15, -0.1) is 0 Å². The summed E-state index contributed by atoms with van der Waals surface area (Å²) >= 11 is 5.71. The van der Waals surface area contributed by atoms with Gasteiger partial charge < -0.3 is 14.4 Å². The highest BCUT2D eigenvalue weighted by Crippen LogP contribution is 2.14. The van der Waals surface area contributed by atoms with Crippen molar-refractivity contribution in [3.63, 3.8) is 0 Å². The van der Waals surface area contributed by atoms with Crippen LogP contribution in [0.2, 0.25) is 5.02 Å². The maximum Gasteiger partial charge on any atom is 0.336 e. The van der Waals surface area contributed by atoms with Gasteiger partial charge in [0, 0.05) is 6.54 Å². The standard InChI is InChI=1S/C10H12ClN3O3/c1-16-9(15)8-6-14(2-3-17-8)10-12-4-7(11)5-13-10/h4-5,8H,2-3,6H2,1H3. The highest BCUT2D eigenvalue weighted by molar-refractivity contribution is 6.30.